The highest BCUT2D eigenvalue weighted by molar-refractivity contribution is 5.48. The van der Waals surface area contributed by atoms with Crippen LogP contribution >= 0.6 is 0 Å². The van der Waals surface area contributed by atoms with Crippen LogP contribution in [-0.2, 0) is 0 Å². The number of rotatable bonds is 4. The Kier molecular flexibility index (Phi) is 4.00. The SMILES string of the molecule is OCCC(c1ccc(O)c(O)c1)c1ccc(O)cc1O. The fourth-order valence-corrected chi connectivity index (χ4v) is 2.21. The fourth-order valence-electron chi connectivity index (χ4n) is 2.21. The van der Waals surface area contributed by atoms with Crippen LogP contribution in [-0.4, -0.2) is 32.1 Å². The Morgan fingerprint density at radius 1 is 0.800 bits per heavy atom. The first-order chi connectivity index (χ1) is 9.52. The molecule has 0 bridgehead atoms. The molecule has 2 aromatic rings. The summed E-state index contributed by atoms with van der Waals surface area (Å²) in [6.45, 7) is -0.105. The van der Waals surface area contributed by atoms with E-state index in [1.54, 1.807) is 12.1 Å². The van der Waals surface area contributed by atoms with Gasteiger partial charge in [-0.3, -0.25) is 0 Å². The minimum absolute atomic E-state index is 0.0532. The van der Waals surface area contributed by atoms with E-state index in [-0.39, 0.29) is 35.5 Å². The minimum Gasteiger partial charge on any atom is -0.508 e. The third-order valence-electron chi connectivity index (χ3n) is 3.21. The van der Waals surface area contributed by atoms with Gasteiger partial charge in [0.05, 0.1) is 0 Å². The summed E-state index contributed by atoms with van der Waals surface area (Å²) >= 11 is 0. The Balaban J connectivity index is 2.47. The molecule has 0 aliphatic heterocycles. The average molecular weight is 276 g/mol. The van der Waals surface area contributed by atoms with E-state index in [9.17, 15) is 25.5 Å². The van der Waals surface area contributed by atoms with Crippen molar-refractivity contribution in [3.63, 3.8) is 0 Å². The number of phenolic OH excluding ortho intramolecular Hbond substituents is 4. The van der Waals surface area contributed by atoms with Crippen molar-refractivity contribution in [1.82, 2.24) is 0 Å². The van der Waals surface area contributed by atoms with E-state index in [2.05, 4.69) is 0 Å². The summed E-state index contributed by atoms with van der Waals surface area (Å²) in [5.41, 5.74) is 1.18. The van der Waals surface area contributed by atoms with Crippen LogP contribution in [0.5, 0.6) is 23.0 Å². The second kappa shape index (κ2) is 5.71. The van der Waals surface area contributed by atoms with Crippen LogP contribution in [0.25, 0.3) is 0 Å². The first kappa shape index (κ1) is 14.0. The molecule has 0 aliphatic rings. The zero-order valence-corrected chi connectivity index (χ0v) is 10.7. The van der Waals surface area contributed by atoms with E-state index in [4.69, 9.17) is 0 Å². The number of aliphatic hydroxyl groups is 1. The lowest BCUT2D eigenvalue weighted by Gasteiger charge is -2.18. The molecule has 1 unspecified atom stereocenters. The Labute approximate surface area is 116 Å². The highest BCUT2D eigenvalue weighted by Gasteiger charge is 2.19. The lowest BCUT2D eigenvalue weighted by molar-refractivity contribution is 0.280. The van der Waals surface area contributed by atoms with Gasteiger partial charge in [-0.15, -0.1) is 0 Å². The van der Waals surface area contributed by atoms with E-state index < -0.39 is 0 Å². The van der Waals surface area contributed by atoms with Gasteiger partial charge in [0.1, 0.15) is 11.5 Å². The molecule has 5 nitrogen and oxygen atoms in total. The molecule has 0 spiro atoms. The van der Waals surface area contributed by atoms with Gasteiger partial charge in [0.2, 0.25) is 0 Å². The number of phenols is 4. The summed E-state index contributed by atoms with van der Waals surface area (Å²) in [6.07, 6.45) is 0.336. The van der Waals surface area contributed by atoms with Gasteiger partial charge in [0.15, 0.2) is 11.5 Å². The molecule has 5 heteroatoms. The van der Waals surface area contributed by atoms with Crippen LogP contribution in [0.2, 0.25) is 0 Å². The molecule has 1 atom stereocenters. The highest BCUT2D eigenvalue weighted by Crippen LogP contribution is 2.38. The maximum absolute atomic E-state index is 9.92. The molecule has 2 rings (SSSR count). The van der Waals surface area contributed by atoms with Gasteiger partial charge in [0.25, 0.3) is 0 Å². The maximum atomic E-state index is 9.92. The Morgan fingerprint density at radius 3 is 2.15 bits per heavy atom. The lowest BCUT2D eigenvalue weighted by atomic mass is 9.88. The lowest BCUT2D eigenvalue weighted by Crippen LogP contribution is -2.04. The zero-order chi connectivity index (χ0) is 14.7. The summed E-state index contributed by atoms with van der Waals surface area (Å²) in [4.78, 5) is 0. The van der Waals surface area contributed by atoms with E-state index in [1.165, 1.54) is 24.3 Å². The van der Waals surface area contributed by atoms with Crippen molar-refractivity contribution in [2.75, 3.05) is 6.61 Å². The highest BCUT2D eigenvalue weighted by atomic mass is 16.3. The number of hydrogen-bond donors (Lipinski definition) is 5. The van der Waals surface area contributed by atoms with Crippen molar-refractivity contribution in [2.24, 2.45) is 0 Å². The summed E-state index contributed by atoms with van der Waals surface area (Å²) < 4.78 is 0. The molecule has 0 amide bonds. The smallest absolute Gasteiger partial charge is 0.157 e. The molecule has 5 N–H and O–H groups in total. The number of hydrogen-bond acceptors (Lipinski definition) is 5. The Hall–Kier alpha value is -2.40. The molecule has 0 saturated carbocycles. The van der Waals surface area contributed by atoms with Gasteiger partial charge in [-0.05, 0) is 30.2 Å². The number of aromatic hydroxyl groups is 4. The van der Waals surface area contributed by atoms with Gasteiger partial charge in [-0.2, -0.15) is 0 Å². The minimum atomic E-state index is -0.355. The van der Waals surface area contributed by atoms with Gasteiger partial charge in [-0.1, -0.05) is 12.1 Å². The van der Waals surface area contributed by atoms with E-state index in [0.29, 0.717) is 17.5 Å². The third-order valence-corrected chi connectivity index (χ3v) is 3.21. The second-order valence-electron chi connectivity index (χ2n) is 4.56. The van der Waals surface area contributed by atoms with E-state index >= 15 is 0 Å². The van der Waals surface area contributed by atoms with Crippen molar-refractivity contribution < 1.29 is 25.5 Å². The summed E-state index contributed by atoms with van der Waals surface area (Å²) in [7, 11) is 0. The standard InChI is InChI=1S/C15H16O5/c16-6-5-11(9-1-4-13(18)15(20)7-9)12-3-2-10(17)8-14(12)19/h1-4,7-8,11,16-20H,5-6H2. The van der Waals surface area contributed by atoms with Gasteiger partial charge in [-0.25, -0.2) is 0 Å². The Morgan fingerprint density at radius 2 is 1.55 bits per heavy atom. The van der Waals surface area contributed by atoms with Crippen molar-refractivity contribution in [3.05, 3.63) is 47.5 Å². The summed E-state index contributed by atoms with van der Waals surface area (Å²) in [5, 5.41) is 47.3. The van der Waals surface area contributed by atoms with Crippen molar-refractivity contribution in [1.29, 1.82) is 0 Å². The van der Waals surface area contributed by atoms with Gasteiger partial charge in [0, 0.05) is 24.2 Å². The predicted molar refractivity (Wildman–Crippen MR) is 73.1 cm³/mol. The quantitative estimate of drug-likeness (QED) is 0.550. The van der Waals surface area contributed by atoms with Crippen LogP contribution in [0, 0.1) is 0 Å². The van der Waals surface area contributed by atoms with Crippen LogP contribution in [0.15, 0.2) is 36.4 Å². The summed E-state index contributed by atoms with van der Waals surface area (Å²) in [6, 6.07) is 8.59. The topological polar surface area (TPSA) is 101 Å². The molecule has 20 heavy (non-hydrogen) atoms. The molecule has 0 fully saturated rings. The normalized spacial score (nSPS) is 12.2. The molecule has 2 aromatic carbocycles. The van der Waals surface area contributed by atoms with Crippen molar-refractivity contribution in [2.45, 2.75) is 12.3 Å². The predicted octanol–water partition coefficient (Wildman–Crippen LogP) is 2.02. The molecule has 0 aliphatic carbocycles. The van der Waals surface area contributed by atoms with Crippen LogP contribution in [0.3, 0.4) is 0 Å². The molecule has 0 saturated heterocycles. The molecular formula is C15H16O5. The molecule has 0 heterocycles. The first-order valence-electron chi connectivity index (χ1n) is 6.17. The largest absolute Gasteiger partial charge is 0.508 e. The third kappa shape index (κ3) is 2.78. The van der Waals surface area contributed by atoms with Crippen molar-refractivity contribution >= 4 is 0 Å². The fraction of sp³-hybridized carbons (Fsp3) is 0.200. The monoisotopic (exact) mass is 276 g/mol. The zero-order valence-electron chi connectivity index (χ0n) is 10.7. The van der Waals surface area contributed by atoms with Gasteiger partial charge < -0.3 is 25.5 Å². The van der Waals surface area contributed by atoms with Crippen LogP contribution in [0.1, 0.15) is 23.5 Å². The molecule has 0 aromatic heterocycles. The Bertz CT molecular complexity index is 609. The summed E-state index contributed by atoms with van der Waals surface area (Å²) in [5.74, 6) is -0.985. The van der Waals surface area contributed by atoms with Gasteiger partial charge >= 0.3 is 0 Å². The molecule has 106 valence electrons. The first-order valence-corrected chi connectivity index (χ1v) is 6.17. The van der Waals surface area contributed by atoms with E-state index in [0.717, 1.165) is 0 Å². The van der Waals surface area contributed by atoms with Crippen molar-refractivity contribution in [3.8, 4) is 23.0 Å². The second-order valence-corrected chi connectivity index (χ2v) is 4.56. The average Bonchev–Trinajstić information content (AvgIpc) is 2.40. The molecular weight excluding hydrogens is 260 g/mol. The van der Waals surface area contributed by atoms with Crippen LogP contribution < -0.4 is 0 Å². The maximum Gasteiger partial charge on any atom is 0.157 e. The van der Waals surface area contributed by atoms with Crippen LogP contribution in [0.4, 0.5) is 0 Å². The molecule has 0 radical (unpaired) electrons. The van der Waals surface area contributed by atoms with E-state index in [1.807, 2.05) is 0 Å². The number of aliphatic hydroxyl groups excluding tert-OH is 1. The number of benzene rings is 2.